The van der Waals surface area contributed by atoms with Gasteiger partial charge in [0.05, 0.1) is 0 Å². The molecule has 3 aromatic rings. The minimum Gasteiger partial charge on any atom is -0.463 e. The highest BCUT2D eigenvalue weighted by molar-refractivity contribution is 7.08. The second-order valence-corrected chi connectivity index (χ2v) is 11.5. The van der Waals surface area contributed by atoms with Gasteiger partial charge in [0.15, 0.2) is 12.2 Å². The minimum atomic E-state index is -2.46. The monoisotopic (exact) mass is 654 g/mol. The highest BCUT2D eigenvalue weighted by atomic mass is 35.5. The van der Waals surface area contributed by atoms with Crippen LogP contribution in [0.3, 0.4) is 0 Å². The Bertz CT molecular complexity index is 1610. The van der Waals surface area contributed by atoms with E-state index in [0.717, 1.165) is 44.4 Å². The maximum absolute atomic E-state index is 12.3. The number of ether oxygens (including phenoxy) is 5. The molecule has 1 aromatic heterocycles. The molecule has 1 fully saturated rings. The molecule has 2 aromatic carbocycles. The maximum atomic E-state index is 12.3. The molecule has 0 amide bonds. The lowest BCUT2D eigenvalue weighted by Gasteiger charge is -2.48. The van der Waals surface area contributed by atoms with Gasteiger partial charge in [-0.05, 0) is 53.3 Å². The van der Waals surface area contributed by atoms with Crippen LogP contribution in [0.2, 0.25) is 5.02 Å². The first-order chi connectivity index (χ1) is 21.4. The van der Waals surface area contributed by atoms with Gasteiger partial charge in [0.25, 0.3) is 0 Å². The Morgan fingerprint density at radius 2 is 1.51 bits per heavy atom. The summed E-state index contributed by atoms with van der Waals surface area (Å²) in [6.45, 7) is 3.99. The van der Waals surface area contributed by atoms with Crippen LogP contribution in [-0.2, 0) is 55.1 Å². The second-order valence-electron chi connectivity index (χ2n) is 10.3. The fraction of sp³-hybridized carbons (Fsp3) is 0.333. The lowest BCUT2D eigenvalue weighted by atomic mass is 9.86. The summed E-state index contributed by atoms with van der Waals surface area (Å²) < 4.78 is 27.5. The van der Waals surface area contributed by atoms with Gasteiger partial charge >= 0.3 is 23.9 Å². The molecule has 0 aliphatic carbocycles. The number of benzene rings is 2. The minimum absolute atomic E-state index is 0.0950. The summed E-state index contributed by atoms with van der Waals surface area (Å²) in [6, 6.07) is 14.1. The van der Waals surface area contributed by atoms with Crippen LogP contribution in [-0.4, -0.2) is 60.0 Å². The molecule has 12 heteroatoms. The van der Waals surface area contributed by atoms with E-state index in [0.29, 0.717) is 17.0 Å². The van der Waals surface area contributed by atoms with Gasteiger partial charge in [-0.1, -0.05) is 41.6 Å². The lowest BCUT2D eigenvalue weighted by Crippen LogP contribution is -2.66. The van der Waals surface area contributed by atoms with Crippen molar-refractivity contribution in [3.8, 4) is 11.8 Å². The summed E-state index contributed by atoms with van der Waals surface area (Å²) in [7, 11) is 0. The summed E-state index contributed by atoms with van der Waals surface area (Å²) in [4.78, 5) is 48.1. The Balaban J connectivity index is 1.71. The van der Waals surface area contributed by atoms with Crippen molar-refractivity contribution >= 4 is 46.8 Å². The summed E-state index contributed by atoms with van der Waals surface area (Å²) in [5.74, 6) is 0.659. The van der Waals surface area contributed by atoms with Crippen molar-refractivity contribution in [1.29, 1.82) is 0 Å². The van der Waals surface area contributed by atoms with Crippen molar-refractivity contribution in [1.82, 2.24) is 0 Å². The summed E-state index contributed by atoms with van der Waals surface area (Å²) in [5.41, 5.74) is 3.35. The van der Waals surface area contributed by atoms with Gasteiger partial charge in [-0.15, -0.1) is 0 Å². The largest absolute Gasteiger partial charge is 0.463 e. The molecule has 236 valence electrons. The normalized spacial score (nSPS) is 22.4. The predicted molar refractivity (Wildman–Crippen MR) is 163 cm³/mol. The van der Waals surface area contributed by atoms with Crippen LogP contribution < -0.4 is 0 Å². The Kier molecular flexibility index (Phi) is 11.0. The lowest BCUT2D eigenvalue weighted by molar-refractivity contribution is -0.360. The molecular formula is C33H31ClO10S. The van der Waals surface area contributed by atoms with Gasteiger partial charge in [0.1, 0.15) is 12.7 Å². The molecule has 0 saturated carbocycles. The van der Waals surface area contributed by atoms with Crippen molar-refractivity contribution in [2.45, 2.75) is 64.3 Å². The van der Waals surface area contributed by atoms with Gasteiger partial charge in [0.2, 0.25) is 11.9 Å². The molecular weight excluding hydrogens is 624 g/mol. The molecule has 0 unspecified atom stereocenters. The van der Waals surface area contributed by atoms with Gasteiger partial charge in [0, 0.05) is 54.8 Å². The zero-order valence-electron chi connectivity index (χ0n) is 24.9. The third kappa shape index (κ3) is 8.71. The summed E-state index contributed by atoms with van der Waals surface area (Å²) >= 11 is 8.14. The van der Waals surface area contributed by atoms with E-state index in [1.165, 1.54) is 6.07 Å². The highest BCUT2D eigenvalue weighted by Gasteiger charge is 2.60. The molecule has 2 heterocycles. The van der Waals surface area contributed by atoms with Crippen molar-refractivity contribution in [3.05, 3.63) is 92.1 Å². The van der Waals surface area contributed by atoms with Gasteiger partial charge < -0.3 is 28.8 Å². The van der Waals surface area contributed by atoms with Crippen LogP contribution >= 0.6 is 22.9 Å². The number of carbonyl (C=O) groups is 4. The number of rotatable bonds is 8. The molecule has 45 heavy (non-hydrogen) atoms. The van der Waals surface area contributed by atoms with Crippen molar-refractivity contribution in [3.63, 3.8) is 0 Å². The van der Waals surface area contributed by atoms with Crippen molar-refractivity contribution in [2.75, 3.05) is 6.61 Å². The van der Waals surface area contributed by atoms with Crippen LogP contribution in [0.15, 0.2) is 59.3 Å². The first kappa shape index (κ1) is 33.7. The molecule has 0 bridgehead atoms. The number of halogens is 1. The van der Waals surface area contributed by atoms with E-state index in [4.69, 9.17) is 35.3 Å². The van der Waals surface area contributed by atoms with Crippen LogP contribution in [0, 0.1) is 11.8 Å². The van der Waals surface area contributed by atoms with Crippen LogP contribution in [0.4, 0.5) is 0 Å². The van der Waals surface area contributed by atoms with E-state index in [9.17, 15) is 24.3 Å². The first-order valence-corrected chi connectivity index (χ1v) is 15.1. The molecule has 1 N–H and O–H groups in total. The second kappa shape index (κ2) is 14.7. The van der Waals surface area contributed by atoms with Gasteiger partial charge in [-0.2, -0.15) is 11.3 Å². The predicted octanol–water partition coefficient (Wildman–Crippen LogP) is 4.29. The van der Waals surface area contributed by atoms with E-state index < -0.39 is 60.7 Å². The zero-order valence-corrected chi connectivity index (χ0v) is 26.5. The SMILES string of the molecule is CC(=O)OC[C@H]1O[C@](O)(c2ccc(Cl)c(Cc3ccc(C#Cc4ccsc4)cc3)c2)[C@H](OC(C)=O)[C@@H](OC(C)=O)[C@@H]1OC(C)=O. The average Bonchev–Trinajstić information content (AvgIpc) is 3.49. The Morgan fingerprint density at radius 1 is 0.867 bits per heavy atom. The smallest absolute Gasteiger partial charge is 0.303 e. The van der Waals surface area contributed by atoms with Crippen LogP contribution in [0.5, 0.6) is 0 Å². The molecule has 1 aliphatic rings. The van der Waals surface area contributed by atoms with E-state index in [-0.39, 0.29) is 5.56 Å². The van der Waals surface area contributed by atoms with Crippen molar-refractivity contribution < 1.29 is 48.0 Å². The Morgan fingerprint density at radius 3 is 2.11 bits per heavy atom. The molecule has 1 aliphatic heterocycles. The highest BCUT2D eigenvalue weighted by Crippen LogP contribution is 2.42. The number of hydrogen-bond donors (Lipinski definition) is 1. The zero-order chi connectivity index (χ0) is 32.7. The standard InChI is InChI=1S/C33H31ClO10S/c1-19(35)40-17-29-30(41-20(2)36)31(42-21(3)37)32(43-22(4)38)33(39,44-29)27-11-12-28(34)26(16-27)15-24-8-5-23(6-9-24)7-10-25-13-14-45-18-25/h5-6,8-9,11-14,16,18,29-32,39H,15,17H2,1-4H3/t29-,30-,31+,32-,33-/m1/s1. The van der Waals surface area contributed by atoms with Crippen LogP contribution in [0.25, 0.3) is 0 Å². The molecule has 10 nitrogen and oxygen atoms in total. The number of esters is 4. The fourth-order valence-corrected chi connectivity index (χ4v) is 5.62. The third-order valence-electron chi connectivity index (χ3n) is 6.73. The van der Waals surface area contributed by atoms with E-state index >= 15 is 0 Å². The summed E-state index contributed by atoms with van der Waals surface area (Å²) in [5, 5.41) is 16.5. The maximum Gasteiger partial charge on any atom is 0.303 e. The molecule has 0 radical (unpaired) electrons. The Hall–Kier alpha value is -4.21. The van der Waals surface area contributed by atoms with E-state index in [1.807, 2.05) is 41.1 Å². The Labute approximate surface area is 269 Å². The average molecular weight is 655 g/mol. The van der Waals surface area contributed by atoms with Gasteiger partial charge in [-0.3, -0.25) is 19.2 Å². The number of thiophene rings is 1. The fourth-order valence-electron chi connectivity index (χ4n) is 4.85. The van der Waals surface area contributed by atoms with Crippen LogP contribution in [0.1, 0.15) is 55.5 Å². The first-order valence-electron chi connectivity index (χ1n) is 13.8. The van der Waals surface area contributed by atoms with Crippen molar-refractivity contribution in [2.24, 2.45) is 0 Å². The van der Waals surface area contributed by atoms with E-state index in [2.05, 4.69) is 11.8 Å². The van der Waals surface area contributed by atoms with E-state index in [1.54, 1.807) is 23.5 Å². The molecule has 1 saturated heterocycles. The number of carbonyl (C=O) groups excluding carboxylic acids is 4. The van der Waals surface area contributed by atoms with Gasteiger partial charge in [-0.25, -0.2) is 0 Å². The number of hydrogen-bond acceptors (Lipinski definition) is 11. The summed E-state index contributed by atoms with van der Waals surface area (Å²) in [6.07, 6.45) is -5.65. The molecule has 0 spiro atoms. The molecule has 4 rings (SSSR count). The quantitative estimate of drug-likeness (QED) is 0.213. The third-order valence-corrected chi connectivity index (χ3v) is 7.79. The number of aliphatic hydroxyl groups is 1. The topological polar surface area (TPSA) is 135 Å². The molecule has 5 atom stereocenters.